The van der Waals surface area contributed by atoms with Crippen LogP contribution >= 0.6 is 27.5 Å². The topological polar surface area (TPSA) is 43.9 Å². The number of halogens is 2. The lowest BCUT2D eigenvalue weighted by atomic mass is 10.3. The molecule has 0 saturated heterocycles. The summed E-state index contributed by atoms with van der Waals surface area (Å²) in [5.41, 5.74) is 2.82. The van der Waals surface area contributed by atoms with Gasteiger partial charge in [0.05, 0.1) is 23.0 Å². The van der Waals surface area contributed by atoms with Crippen molar-refractivity contribution in [3.63, 3.8) is 0 Å². The number of fused-ring (bicyclic) bond motifs is 1. The second kappa shape index (κ2) is 5.22. The van der Waals surface area contributed by atoms with Crippen molar-refractivity contribution in [2.45, 2.75) is 25.8 Å². The Kier molecular flexibility index (Phi) is 3.56. The van der Waals surface area contributed by atoms with Gasteiger partial charge in [0.15, 0.2) is 0 Å². The highest BCUT2D eigenvalue weighted by atomic mass is 79.9. The van der Waals surface area contributed by atoms with Crippen LogP contribution in [0.1, 0.15) is 29.6 Å². The highest BCUT2D eigenvalue weighted by molar-refractivity contribution is 9.10. The van der Waals surface area contributed by atoms with E-state index < -0.39 is 0 Å². The minimum absolute atomic E-state index is 0.172. The van der Waals surface area contributed by atoms with Gasteiger partial charge in [-0.25, -0.2) is 4.98 Å². The Morgan fingerprint density at radius 2 is 2.20 bits per heavy atom. The average molecular weight is 355 g/mol. The van der Waals surface area contributed by atoms with Crippen molar-refractivity contribution in [1.82, 2.24) is 14.7 Å². The molecule has 3 rings (SSSR count). The normalized spacial score (nSPS) is 13.0. The van der Waals surface area contributed by atoms with Crippen LogP contribution in [0.3, 0.4) is 0 Å². The molecule has 0 aliphatic carbocycles. The van der Waals surface area contributed by atoms with E-state index in [1.807, 2.05) is 38.1 Å². The maximum Gasteiger partial charge on any atom is 0.133 e. The molecule has 6 heteroatoms. The third-order valence-corrected chi connectivity index (χ3v) is 3.78. The van der Waals surface area contributed by atoms with Crippen LogP contribution in [0.15, 0.2) is 33.3 Å². The summed E-state index contributed by atoms with van der Waals surface area (Å²) >= 11 is 9.75. The smallest absolute Gasteiger partial charge is 0.133 e. The molecule has 104 valence electrons. The van der Waals surface area contributed by atoms with Gasteiger partial charge in [-0.1, -0.05) is 21.1 Å². The fourth-order valence-electron chi connectivity index (χ4n) is 2.24. The number of alkyl halides is 1. The van der Waals surface area contributed by atoms with Gasteiger partial charge in [0.2, 0.25) is 0 Å². The third kappa shape index (κ3) is 2.47. The van der Waals surface area contributed by atoms with E-state index in [2.05, 4.69) is 30.6 Å². The third-order valence-electron chi connectivity index (χ3n) is 3.09. The van der Waals surface area contributed by atoms with Crippen molar-refractivity contribution in [2.75, 3.05) is 0 Å². The Labute approximate surface area is 129 Å². The first-order valence-electron chi connectivity index (χ1n) is 6.26. The predicted octanol–water partition coefficient (Wildman–Crippen LogP) is 4.44. The van der Waals surface area contributed by atoms with Gasteiger partial charge in [0, 0.05) is 10.5 Å². The summed E-state index contributed by atoms with van der Waals surface area (Å²) in [7, 11) is 0. The molecule has 0 aliphatic rings. The van der Waals surface area contributed by atoms with Gasteiger partial charge >= 0.3 is 0 Å². The zero-order valence-electron chi connectivity index (χ0n) is 11.1. The molecule has 0 radical (unpaired) electrons. The molecule has 1 atom stereocenters. The first-order valence-corrected chi connectivity index (χ1v) is 7.49. The summed E-state index contributed by atoms with van der Waals surface area (Å²) < 4.78 is 8.21. The van der Waals surface area contributed by atoms with Crippen molar-refractivity contribution < 1.29 is 4.52 Å². The fraction of sp³-hybridized carbons (Fsp3) is 0.286. The molecule has 20 heavy (non-hydrogen) atoms. The van der Waals surface area contributed by atoms with Crippen LogP contribution in [0, 0.1) is 6.92 Å². The Hall–Kier alpha value is -1.33. The summed E-state index contributed by atoms with van der Waals surface area (Å²) in [6.07, 6.45) is 0. The molecule has 0 amide bonds. The van der Waals surface area contributed by atoms with E-state index in [0.717, 1.165) is 32.8 Å². The van der Waals surface area contributed by atoms with Gasteiger partial charge in [0.25, 0.3) is 0 Å². The zero-order valence-corrected chi connectivity index (χ0v) is 13.4. The summed E-state index contributed by atoms with van der Waals surface area (Å²) in [6, 6.07) is 7.92. The molecular formula is C14H13BrClN3O. The van der Waals surface area contributed by atoms with Crippen LogP contribution in [0.4, 0.5) is 0 Å². The van der Waals surface area contributed by atoms with Gasteiger partial charge in [-0.05, 0) is 32.0 Å². The quantitative estimate of drug-likeness (QED) is 0.653. The van der Waals surface area contributed by atoms with E-state index in [1.165, 1.54) is 0 Å². The molecular weight excluding hydrogens is 342 g/mol. The average Bonchev–Trinajstić information content (AvgIpc) is 2.95. The lowest BCUT2D eigenvalue weighted by molar-refractivity contribution is 0.389. The molecule has 3 aromatic rings. The summed E-state index contributed by atoms with van der Waals surface area (Å²) in [5.74, 6) is 1.63. The maximum atomic E-state index is 6.25. The van der Waals surface area contributed by atoms with E-state index in [1.54, 1.807) is 0 Å². The van der Waals surface area contributed by atoms with Gasteiger partial charge in [-0.15, -0.1) is 11.6 Å². The first kappa shape index (κ1) is 13.6. The van der Waals surface area contributed by atoms with E-state index in [0.29, 0.717) is 6.54 Å². The number of hydrogen-bond donors (Lipinski definition) is 0. The SMILES string of the molecule is Cc1cc(Cn2c(C(C)Cl)nc3ccc(Br)cc32)no1. The van der Waals surface area contributed by atoms with Crippen LogP contribution in [-0.2, 0) is 6.54 Å². The molecule has 2 aromatic heterocycles. The Balaban J connectivity index is 2.15. The first-order chi connectivity index (χ1) is 9.54. The molecule has 2 heterocycles. The van der Waals surface area contributed by atoms with Crippen molar-refractivity contribution in [3.05, 3.63) is 46.0 Å². The molecule has 1 aromatic carbocycles. The van der Waals surface area contributed by atoms with Crippen molar-refractivity contribution in [1.29, 1.82) is 0 Å². The highest BCUT2D eigenvalue weighted by Crippen LogP contribution is 2.27. The van der Waals surface area contributed by atoms with Gasteiger partial charge in [-0.2, -0.15) is 0 Å². The molecule has 0 spiro atoms. The van der Waals surface area contributed by atoms with Crippen molar-refractivity contribution in [3.8, 4) is 0 Å². The minimum Gasteiger partial charge on any atom is -0.361 e. The van der Waals surface area contributed by atoms with E-state index in [4.69, 9.17) is 16.1 Å². The monoisotopic (exact) mass is 353 g/mol. The Morgan fingerprint density at radius 3 is 2.85 bits per heavy atom. The summed E-state index contributed by atoms with van der Waals surface area (Å²) in [5, 5.41) is 3.87. The van der Waals surface area contributed by atoms with Crippen LogP contribution in [0.5, 0.6) is 0 Å². The van der Waals surface area contributed by atoms with Crippen molar-refractivity contribution in [2.24, 2.45) is 0 Å². The molecule has 0 aliphatic heterocycles. The molecule has 0 bridgehead atoms. The molecule has 1 unspecified atom stereocenters. The standard InChI is InChI=1S/C14H13BrClN3O/c1-8-5-11(18-20-8)7-19-13-6-10(15)3-4-12(13)17-14(19)9(2)16/h3-6,9H,7H2,1-2H3. The molecule has 0 saturated carbocycles. The second-order valence-corrected chi connectivity index (χ2v) is 6.30. The fourth-order valence-corrected chi connectivity index (χ4v) is 2.75. The largest absolute Gasteiger partial charge is 0.361 e. The number of aryl methyl sites for hydroxylation is 1. The number of benzene rings is 1. The zero-order chi connectivity index (χ0) is 14.3. The summed E-state index contributed by atoms with van der Waals surface area (Å²) in [6.45, 7) is 4.39. The Morgan fingerprint density at radius 1 is 1.40 bits per heavy atom. The van der Waals surface area contributed by atoms with Gasteiger partial charge in [0.1, 0.15) is 17.3 Å². The molecule has 4 nitrogen and oxygen atoms in total. The van der Waals surface area contributed by atoms with Crippen LogP contribution < -0.4 is 0 Å². The maximum absolute atomic E-state index is 6.25. The van der Waals surface area contributed by atoms with E-state index >= 15 is 0 Å². The van der Waals surface area contributed by atoms with Crippen LogP contribution in [-0.4, -0.2) is 14.7 Å². The summed E-state index contributed by atoms with van der Waals surface area (Å²) in [4.78, 5) is 4.61. The van der Waals surface area contributed by atoms with Gasteiger partial charge < -0.3 is 9.09 Å². The number of rotatable bonds is 3. The van der Waals surface area contributed by atoms with E-state index in [-0.39, 0.29) is 5.38 Å². The van der Waals surface area contributed by atoms with E-state index in [9.17, 15) is 0 Å². The highest BCUT2D eigenvalue weighted by Gasteiger charge is 2.16. The minimum atomic E-state index is -0.172. The number of nitrogens with zero attached hydrogens (tertiary/aromatic N) is 3. The van der Waals surface area contributed by atoms with Crippen molar-refractivity contribution >= 4 is 38.6 Å². The lowest BCUT2D eigenvalue weighted by Gasteiger charge is -2.08. The Bertz CT molecular complexity index is 763. The van der Waals surface area contributed by atoms with Crippen LogP contribution in [0.25, 0.3) is 11.0 Å². The molecule has 0 N–H and O–H groups in total. The second-order valence-electron chi connectivity index (χ2n) is 4.73. The lowest BCUT2D eigenvalue weighted by Crippen LogP contribution is -2.06. The number of imidazole rings is 1. The van der Waals surface area contributed by atoms with Gasteiger partial charge in [-0.3, -0.25) is 0 Å². The van der Waals surface area contributed by atoms with Crippen LogP contribution in [0.2, 0.25) is 0 Å². The molecule has 0 fully saturated rings. The predicted molar refractivity (Wildman–Crippen MR) is 82.0 cm³/mol. The number of aromatic nitrogens is 3. The number of hydrogen-bond acceptors (Lipinski definition) is 3.